The normalized spacial score (nSPS) is 11.4. The average molecular weight is 287 g/mol. The highest BCUT2D eigenvalue weighted by atomic mass is 35.5. The zero-order valence-corrected chi connectivity index (χ0v) is 13.0. The lowest BCUT2D eigenvalue weighted by atomic mass is 10.2. The molecule has 0 aliphatic rings. The van der Waals surface area contributed by atoms with Crippen LogP contribution in [0.2, 0.25) is 5.28 Å². The number of nitrogens with zero attached hydrogens (tertiary/aromatic N) is 4. The second-order valence-corrected chi connectivity index (χ2v) is 5.19. The Bertz CT molecular complexity index is 388. The van der Waals surface area contributed by atoms with Crippen molar-refractivity contribution in [1.29, 1.82) is 0 Å². The summed E-state index contributed by atoms with van der Waals surface area (Å²) < 4.78 is 0. The molecule has 7 heteroatoms. The average Bonchev–Trinajstić information content (AvgIpc) is 2.32. The third kappa shape index (κ3) is 5.16. The summed E-state index contributed by atoms with van der Waals surface area (Å²) in [4.78, 5) is 14.6. The SMILES string of the molecule is CNc1nc(Cl)nc(NCCN(C(C)C)C(C)C)n1. The summed E-state index contributed by atoms with van der Waals surface area (Å²) in [6.07, 6.45) is 0. The molecule has 0 saturated heterocycles. The predicted molar refractivity (Wildman–Crippen MR) is 79.9 cm³/mol. The lowest BCUT2D eigenvalue weighted by molar-refractivity contribution is 0.182. The van der Waals surface area contributed by atoms with Crippen molar-refractivity contribution < 1.29 is 0 Å². The fraction of sp³-hybridized carbons (Fsp3) is 0.750. The van der Waals surface area contributed by atoms with Gasteiger partial charge in [0, 0.05) is 32.2 Å². The van der Waals surface area contributed by atoms with Crippen LogP contribution in [0.4, 0.5) is 11.9 Å². The Balaban J connectivity index is 2.55. The van der Waals surface area contributed by atoms with Crippen LogP contribution in [0.15, 0.2) is 0 Å². The van der Waals surface area contributed by atoms with Gasteiger partial charge in [-0.15, -0.1) is 0 Å². The number of aromatic nitrogens is 3. The van der Waals surface area contributed by atoms with Crippen molar-refractivity contribution in [2.45, 2.75) is 39.8 Å². The number of halogens is 1. The second kappa shape index (κ2) is 7.45. The van der Waals surface area contributed by atoms with E-state index < -0.39 is 0 Å². The van der Waals surface area contributed by atoms with Gasteiger partial charge in [-0.1, -0.05) is 0 Å². The lowest BCUT2D eigenvalue weighted by Crippen LogP contribution is -2.40. The maximum Gasteiger partial charge on any atom is 0.228 e. The van der Waals surface area contributed by atoms with E-state index >= 15 is 0 Å². The van der Waals surface area contributed by atoms with Gasteiger partial charge in [0.1, 0.15) is 0 Å². The molecule has 0 radical (unpaired) electrons. The molecule has 1 aromatic heterocycles. The smallest absolute Gasteiger partial charge is 0.228 e. The van der Waals surface area contributed by atoms with Crippen molar-refractivity contribution >= 4 is 23.5 Å². The first-order chi connectivity index (χ1) is 8.93. The van der Waals surface area contributed by atoms with E-state index in [0.29, 0.717) is 24.0 Å². The van der Waals surface area contributed by atoms with Gasteiger partial charge >= 0.3 is 0 Å². The van der Waals surface area contributed by atoms with Crippen LogP contribution < -0.4 is 10.6 Å². The van der Waals surface area contributed by atoms with Crippen LogP contribution in [0.1, 0.15) is 27.7 Å². The molecule has 0 fully saturated rings. The molecule has 0 amide bonds. The predicted octanol–water partition coefficient (Wildman–Crippen LogP) is 2.10. The van der Waals surface area contributed by atoms with Crippen LogP contribution in [0, 0.1) is 0 Å². The molecule has 1 rings (SSSR count). The first-order valence-corrected chi connectivity index (χ1v) is 6.90. The van der Waals surface area contributed by atoms with Crippen molar-refractivity contribution in [3.8, 4) is 0 Å². The number of hydrogen-bond acceptors (Lipinski definition) is 6. The lowest BCUT2D eigenvalue weighted by Gasteiger charge is -2.30. The molecule has 0 aliphatic heterocycles. The van der Waals surface area contributed by atoms with Gasteiger partial charge in [0.15, 0.2) is 0 Å². The van der Waals surface area contributed by atoms with Gasteiger partial charge in [-0.05, 0) is 39.3 Å². The first-order valence-electron chi connectivity index (χ1n) is 6.53. The maximum absolute atomic E-state index is 5.82. The molecule has 19 heavy (non-hydrogen) atoms. The van der Waals surface area contributed by atoms with E-state index in [1.807, 2.05) is 0 Å². The highest BCUT2D eigenvalue weighted by molar-refractivity contribution is 6.28. The van der Waals surface area contributed by atoms with Gasteiger partial charge < -0.3 is 10.6 Å². The van der Waals surface area contributed by atoms with Crippen molar-refractivity contribution in [3.63, 3.8) is 0 Å². The Morgan fingerprint density at radius 1 is 1.05 bits per heavy atom. The summed E-state index contributed by atoms with van der Waals surface area (Å²) in [5.41, 5.74) is 0. The summed E-state index contributed by atoms with van der Waals surface area (Å²) in [6, 6.07) is 1.02. The molecule has 1 heterocycles. The number of hydrogen-bond donors (Lipinski definition) is 2. The van der Waals surface area contributed by atoms with E-state index in [-0.39, 0.29) is 5.28 Å². The fourth-order valence-corrected chi connectivity index (χ4v) is 2.11. The van der Waals surface area contributed by atoms with E-state index in [9.17, 15) is 0 Å². The molecule has 0 aromatic carbocycles. The summed E-state index contributed by atoms with van der Waals surface area (Å²) in [6.45, 7) is 10.5. The van der Waals surface area contributed by atoms with Crippen molar-refractivity contribution in [3.05, 3.63) is 5.28 Å². The van der Waals surface area contributed by atoms with Gasteiger partial charge in [-0.3, -0.25) is 4.90 Å². The highest BCUT2D eigenvalue weighted by Crippen LogP contribution is 2.09. The molecule has 0 unspecified atom stereocenters. The second-order valence-electron chi connectivity index (χ2n) is 4.85. The fourth-order valence-electron chi connectivity index (χ4n) is 1.95. The minimum atomic E-state index is 0.187. The van der Waals surface area contributed by atoms with Crippen LogP contribution in [0.5, 0.6) is 0 Å². The minimum absolute atomic E-state index is 0.187. The molecule has 0 atom stereocenters. The molecule has 2 N–H and O–H groups in total. The Labute approximate surface area is 120 Å². The third-order valence-electron chi connectivity index (χ3n) is 2.81. The Hall–Kier alpha value is -1.14. The minimum Gasteiger partial charge on any atom is -0.357 e. The third-order valence-corrected chi connectivity index (χ3v) is 2.98. The first kappa shape index (κ1) is 15.9. The Kier molecular flexibility index (Phi) is 6.24. The molecule has 1 aromatic rings. The molecular weight excluding hydrogens is 264 g/mol. The van der Waals surface area contributed by atoms with Gasteiger partial charge in [0.25, 0.3) is 0 Å². The van der Waals surface area contributed by atoms with Crippen LogP contribution in [-0.2, 0) is 0 Å². The van der Waals surface area contributed by atoms with E-state index in [4.69, 9.17) is 11.6 Å². The standard InChI is InChI=1S/C12H23ClN6/c1-8(2)19(9(3)4)7-6-15-12-17-10(13)16-11(14-5)18-12/h8-9H,6-7H2,1-5H3,(H2,14,15,16,17,18). The van der Waals surface area contributed by atoms with E-state index in [1.54, 1.807) is 7.05 Å². The summed E-state index contributed by atoms with van der Waals surface area (Å²) in [5.74, 6) is 0.962. The molecule has 0 aliphatic carbocycles. The summed E-state index contributed by atoms with van der Waals surface area (Å²) in [5, 5.41) is 6.21. The van der Waals surface area contributed by atoms with Crippen LogP contribution in [0.3, 0.4) is 0 Å². The van der Waals surface area contributed by atoms with Gasteiger partial charge in [-0.25, -0.2) is 0 Å². The van der Waals surface area contributed by atoms with Crippen molar-refractivity contribution in [1.82, 2.24) is 19.9 Å². The summed E-state index contributed by atoms with van der Waals surface area (Å²) >= 11 is 5.82. The monoisotopic (exact) mass is 286 g/mol. The highest BCUT2D eigenvalue weighted by Gasteiger charge is 2.12. The Morgan fingerprint density at radius 3 is 2.16 bits per heavy atom. The van der Waals surface area contributed by atoms with Gasteiger partial charge in [-0.2, -0.15) is 15.0 Å². The van der Waals surface area contributed by atoms with E-state index in [2.05, 4.69) is 58.2 Å². The zero-order valence-electron chi connectivity index (χ0n) is 12.2. The van der Waals surface area contributed by atoms with Crippen molar-refractivity contribution in [2.24, 2.45) is 0 Å². The molecule has 0 saturated carbocycles. The number of nitrogens with one attached hydrogen (secondary N) is 2. The summed E-state index contributed by atoms with van der Waals surface area (Å²) in [7, 11) is 1.74. The molecule has 0 spiro atoms. The maximum atomic E-state index is 5.82. The molecule has 6 nitrogen and oxygen atoms in total. The van der Waals surface area contributed by atoms with E-state index in [1.165, 1.54) is 0 Å². The van der Waals surface area contributed by atoms with Crippen LogP contribution >= 0.6 is 11.6 Å². The zero-order chi connectivity index (χ0) is 14.4. The largest absolute Gasteiger partial charge is 0.357 e. The van der Waals surface area contributed by atoms with Gasteiger partial charge in [0.2, 0.25) is 17.2 Å². The van der Waals surface area contributed by atoms with E-state index in [0.717, 1.165) is 13.1 Å². The van der Waals surface area contributed by atoms with Gasteiger partial charge in [0.05, 0.1) is 0 Å². The van der Waals surface area contributed by atoms with Crippen molar-refractivity contribution in [2.75, 3.05) is 30.8 Å². The molecule has 108 valence electrons. The quantitative estimate of drug-likeness (QED) is 0.800. The Morgan fingerprint density at radius 2 is 1.63 bits per heavy atom. The van der Waals surface area contributed by atoms with Crippen LogP contribution in [-0.4, -0.2) is 52.1 Å². The topological polar surface area (TPSA) is 66.0 Å². The molecule has 0 bridgehead atoms. The van der Waals surface area contributed by atoms with Crippen LogP contribution in [0.25, 0.3) is 0 Å². The molecular formula is C12H23ClN6. The number of anilines is 2. The number of rotatable bonds is 7.